The molecule has 0 spiro atoms. The summed E-state index contributed by atoms with van der Waals surface area (Å²) >= 11 is 3.32. The number of rotatable bonds is 8. The maximum absolute atomic E-state index is 12.9. The Morgan fingerprint density at radius 3 is 2.72 bits per heavy atom. The average Bonchev–Trinajstić information content (AvgIpc) is 3.22. The second-order valence-electron chi connectivity index (χ2n) is 8.62. The summed E-state index contributed by atoms with van der Waals surface area (Å²) in [6, 6.07) is 16.5. The Hall–Kier alpha value is -2.15. The molecule has 168 valence electrons. The number of piperidine rings is 1. The Balaban J connectivity index is 1.30. The van der Waals surface area contributed by atoms with Crippen molar-refractivity contribution < 1.29 is 4.79 Å². The van der Waals surface area contributed by atoms with Gasteiger partial charge >= 0.3 is 0 Å². The fourth-order valence-electron chi connectivity index (χ4n) is 4.13. The van der Waals surface area contributed by atoms with E-state index in [4.69, 9.17) is 0 Å². The number of likely N-dealkylation sites (tertiary alicyclic amines) is 1. The minimum absolute atomic E-state index is 0.0334. The third-order valence-corrected chi connectivity index (χ3v) is 7.73. The summed E-state index contributed by atoms with van der Waals surface area (Å²) in [5, 5.41) is 6.24. The summed E-state index contributed by atoms with van der Waals surface area (Å²) in [7, 11) is 0. The quantitative estimate of drug-likeness (QED) is 0.420. The van der Waals surface area contributed by atoms with Crippen LogP contribution in [0.5, 0.6) is 0 Å². The second-order valence-corrected chi connectivity index (χ2v) is 10.7. The highest BCUT2D eigenvalue weighted by Gasteiger charge is 2.16. The van der Waals surface area contributed by atoms with Gasteiger partial charge in [0.2, 0.25) is 0 Å². The van der Waals surface area contributed by atoms with Crippen LogP contribution in [0.4, 0.5) is 0 Å². The molecule has 2 aromatic carbocycles. The maximum atomic E-state index is 12.9. The Kier molecular flexibility index (Phi) is 8.00. The van der Waals surface area contributed by atoms with Crippen molar-refractivity contribution in [2.75, 3.05) is 13.1 Å². The summed E-state index contributed by atoms with van der Waals surface area (Å²) in [5.41, 5.74) is 4.25. The normalized spacial score (nSPS) is 16.8. The standard InChI is InChI=1S/C26H31N3OS2/c1-19-6-5-13-29(15-19)16-22-11-9-21(10-12-22)14-27-26(30)24-7-3-4-8-25(24)32-18-23-17-31-20(2)28-23/h3-4,7-12,17,19H,5-6,13-16,18H2,1-2H3,(H,27,30). The molecule has 1 saturated heterocycles. The lowest BCUT2D eigenvalue weighted by Gasteiger charge is -2.30. The summed E-state index contributed by atoms with van der Waals surface area (Å²) < 4.78 is 0. The third kappa shape index (κ3) is 6.44. The smallest absolute Gasteiger partial charge is 0.252 e. The van der Waals surface area contributed by atoms with Gasteiger partial charge in [-0.25, -0.2) is 4.98 Å². The van der Waals surface area contributed by atoms with E-state index in [9.17, 15) is 4.79 Å². The van der Waals surface area contributed by atoms with Crippen molar-refractivity contribution in [1.29, 1.82) is 0 Å². The van der Waals surface area contributed by atoms with Gasteiger partial charge in [-0.15, -0.1) is 23.1 Å². The topological polar surface area (TPSA) is 45.2 Å². The molecular weight excluding hydrogens is 434 g/mol. The molecule has 0 bridgehead atoms. The fraction of sp³-hybridized carbons (Fsp3) is 0.385. The SMILES string of the molecule is Cc1nc(CSc2ccccc2C(=O)NCc2ccc(CN3CCCC(C)C3)cc2)cs1. The summed E-state index contributed by atoms with van der Waals surface area (Å²) in [6.45, 7) is 8.29. The molecule has 1 aromatic heterocycles. The van der Waals surface area contributed by atoms with Crippen LogP contribution in [0.2, 0.25) is 0 Å². The van der Waals surface area contributed by atoms with Crippen LogP contribution in [0, 0.1) is 12.8 Å². The molecule has 1 N–H and O–H groups in total. The Morgan fingerprint density at radius 2 is 1.97 bits per heavy atom. The number of aryl methyl sites for hydroxylation is 1. The number of nitrogens with one attached hydrogen (secondary N) is 1. The predicted octanol–water partition coefficient (Wildman–Crippen LogP) is 5.91. The van der Waals surface area contributed by atoms with E-state index in [1.54, 1.807) is 23.1 Å². The van der Waals surface area contributed by atoms with E-state index in [1.165, 1.54) is 31.5 Å². The molecule has 32 heavy (non-hydrogen) atoms. The van der Waals surface area contributed by atoms with E-state index in [0.29, 0.717) is 6.54 Å². The molecule has 4 nitrogen and oxygen atoms in total. The van der Waals surface area contributed by atoms with Crippen LogP contribution in [-0.4, -0.2) is 28.9 Å². The summed E-state index contributed by atoms with van der Waals surface area (Å²) in [5.74, 6) is 1.53. The fourth-order valence-corrected chi connectivity index (χ4v) is 5.80. The van der Waals surface area contributed by atoms with Gasteiger partial charge in [-0.05, 0) is 55.5 Å². The van der Waals surface area contributed by atoms with E-state index in [1.807, 2.05) is 31.2 Å². The number of hydrogen-bond acceptors (Lipinski definition) is 5. The molecule has 1 unspecified atom stereocenters. The number of carbonyl (C=O) groups excluding carboxylic acids is 1. The van der Waals surface area contributed by atoms with E-state index in [-0.39, 0.29) is 5.91 Å². The molecular formula is C26H31N3OS2. The number of aromatic nitrogens is 1. The number of benzene rings is 2. The van der Waals surface area contributed by atoms with Gasteiger partial charge < -0.3 is 5.32 Å². The van der Waals surface area contributed by atoms with Gasteiger partial charge in [0.1, 0.15) is 0 Å². The predicted molar refractivity (Wildman–Crippen MR) is 134 cm³/mol. The first kappa shape index (κ1) is 23.0. The zero-order chi connectivity index (χ0) is 22.3. The maximum Gasteiger partial charge on any atom is 0.252 e. The molecule has 1 aliphatic rings. The first-order chi connectivity index (χ1) is 15.6. The third-order valence-electron chi connectivity index (χ3n) is 5.80. The highest BCUT2D eigenvalue weighted by atomic mass is 32.2. The molecule has 1 aliphatic heterocycles. The first-order valence-electron chi connectivity index (χ1n) is 11.3. The van der Waals surface area contributed by atoms with E-state index in [2.05, 4.69) is 51.8 Å². The van der Waals surface area contributed by atoms with Gasteiger partial charge in [0, 0.05) is 35.7 Å². The Bertz CT molecular complexity index is 1030. The van der Waals surface area contributed by atoms with Crippen LogP contribution in [-0.2, 0) is 18.8 Å². The number of thioether (sulfide) groups is 1. The van der Waals surface area contributed by atoms with Crippen molar-refractivity contribution in [1.82, 2.24) is 15.2 Å². The molecule has 1 fully saturated rings. The molecule has 1 atom stereocenters. The van der Waals surface area contributed by atoms with Crippen LogP contribution in [0.15, 0.2) is 58.8 Å². The summed E-state index contributed by atoms with van der Waals surface area (Å²) in [6.07, 6.45) is 2.65. The van der Waals surface area contributed by atoms with Crippen molar-refractivity contribution in [3.8, 4) is 0 Å². The van der Waals surface area contributed by atoms with Crippen molar-refractivity contribution in [2.45, 2.75) is 50.4 Å². The highest BCUT2D eigenvalue weighted by molar-refractivity contribution is 7.98. The van der Waals surface area contributed by atoms with Crippen LogP contribution in [0.25, 0.3) is 0 Å². The van der Waals surface area contributed by atoms with Crippen molar-refractivity contribution in [3.63, 3.8) is 0 Å². The average molecular weight is 466 g/mol. The van der Waals surface area contributed by atoms with Crippen molar-refractivity contribution >= 4 is 29.0 Å². The van der Waals surface area contributed by atoms with E-state index >= 15 is 0 Å². The minimum atomic E-state index is -0.0334. The second kappa shape index (κ2) is 11.1. The van der Waals surface area contributed by atoms with Gasteiger partial charge in [-0.2, -0.15) is 0 Å². The molecule has 3 aromatic rings. The molecule has 4 rings (SSSR count). The van der Waals surface area contributed by atoms with Crippen molar-refractivity contribution in [2.24, 2.45) is 5.92 Å². The number of nitrogens with zero attached hydrogens (tertiary/aromatic N) is 2. The number of thiazole rings is 1. The van der Waals surface area contributed by atoms with Crippen LogP contribution in [0.1, 0.15) is 52.0 Å². The largest absolute Gasteiger partial charge is 0.348 e. The number of hydrogen-bond donors (Lipinski definition) is 1. The lowest BCUT2D eigenvalue weighted by Crippen LogP contribution is -2.33. The minimum Gasteiger partial charge on any atom is -0.348 e. The van der Waals surface area contributed by atoms with E-state index < -0.39 is 0 Å². The number of amides is 1. The van der Waals surface area contributed by atoms with Gasteiger partial charge in [-0.3, -0.25) is 9.69 Å². The number of carbonyl (C=O) groups is 1. The van der Waals surface area contributed by atoms with Crippen LogP contribution < -0.4 is 5.32 Å². The lowest BCUT2D eigenvalue weighted by atomic mass is 9.99. The summed E-state index contributed by atoms with van der Waals surface area (Å²) in [4.78, 5) is 20.9. The van der Waals surface area contributed by atoms with Gasteiger partial charge in [-0.1, -0.05) is 43.3 Å². The molecule has 6 heteroatoms. The molecule has 1 amide bonds. The zero-order valence-corrected chi connectivity index (χ0v) is 20.5. The lowest BCUT2D eigenvalue weighted by molar-refractivity contribution is 0.0948. The van der Waals surface area contributed by atoms with Crippen LogP contribution >= 0.6 is 23.1 Å². The Morgan fingerprint density at radius 1 is 1.19 bits per heavy atom. The molecule has 0 aliphatic carbocycles. The van der Waals surface area contributed by atoms with Gasteiger partial charge in [0.25, 0.3) is 5.91 Å². The first-order valence-corrected chi connectivity index (χ1v) is 13.1. The molecule has 0 radical (unpaired) electrons. The molecule has 0 saturated carbocycles. The van der Waals surface area contributed by atoms with Crippen molar-refractivity contribution in [3.05, 3.63) is 81.3 Å². The monoisotopic (exact) mass is 465 g/mol. The van der Waals surface area contributed by atoms with Gasteiger partial charge in [0.15, 0.2) is 0 Å². The Labute approximate surface area is 199 Å². The highest BCUT2D eigenvalue weighted by Crippen LogP contribution is 2.27. The van der Waals surface area contributed by atoms with Crippen LogP contribution in [0.3, 0.4) is 0 Å². The molecule has 2 heterocycles. The zero-order valence-electron chi connectivity index (χ0n) is 18.8. The van der Waals surface area contributed by atoms with E-state index in [0.717, 1.165) is 44.9 Å². The van der Waals surface area contributed by atoms with Gasteiger partial charge in [0.05, 0.1) is 16.3 Å².